The lowest BCUT2D eigenvalue weighted by atomic mass is 10.1. The molecule has 0 aromatic carbocycles. The molecule has 0 aliphatic carbocycles. The number of nitrogens with one attached hydrogen (secondary N) is 1. The molecule has 1 aliphatic rings. The normalized spacial score (nSPS) is 19.8. The van der Waals surface area contributed by atoms with Crippen molar-refractivity contribution in [1.29, 1.82) is 0 Å². The quantitative estimate of drug-likeness (QED) is 0.874. The number of anilines is 1. The van der Waals surface area contributed by atoms with Gasteiger partial charge in [-0.15, -0.1) is 11.3 Å². The number of thiazole rings is 1. The largest absolute Gasteiger partial charge is 0.380 e. The van der Waals surface area contributed by atoms with Gasteiger partial charge in [-0.1, -0.05) is 27.7 Å². The molecule has 1 aromatic heterocycles. The number of hydrogen-bond acceptors (Lipinski definition) is 5. The molecule has 0 radical (unpaired) electrons. The first-order chi connectivity index (χ1) is 10.0. The molecule has 5 heteroatoms. The minimum Gasteiger partial charge on any atom is -0.380 e. The summed E-state index contributed by atoms with van der Waals surface area (Å²) in [5, 5.41) is 4.69. The first-order valence-corrected chi connectivity index (χ1v) is 8.83. The molecule has 1 fully saturated rings. The lowest BCUT2D eigenvalue weighted by molar-refractivity contribution is 0.0893. The molecule has 2 rings (SSSR count). The molecule has 2 heterocycles. The van der Waals surface area contributed by atoms with Crippen LogP contribution in [-0.4, -0.2) is 37.3 Å². The van der Waals surface area contributed by atoms with Gasteiger partial charge in [0.25, 0.3) is 0 Å². The van der Waals surface area contributed by atoms with Gasteiger partial charge >= 0.3 is 0 Å². The zero-order valence-corrected chi connectivity index (χ0v) is 14.8. The number of piperidine rings is 1. The fourth-order valence-corrected chi connectivity index (χ4v) is 3.87. The van der Waals surface area contributed by atoms with Crippen LogP contribution < -0.4 is 10.2 Å². The van der Waals surface area contributed by atoms with E-state index in [0.717, 1.165) is 26.1 Å². The van der Waals surface area contributed by atoms with E-state index < -0.39 is 0 Å². The van der Waals surface area contributed by atoms with E-state index in [-0.39, 0.29) is 0 Å². The summed E-state index contributed by atoms with van der Waals surface area (Å²) in [7, 11) is 1.81. The number of aromatic nitrogens is 1. The van der Waals surface area contributed by atoms with Crippen molar-refractivity contribution >= 4 is 16.5 Å². The van der Waals surface area contributed by atoms with Crippen LogP contribution in [0.25, 0.3) is 0 Å². The molecule has 1 aliphatic heterocycles. The molecule has 1 unspecified atom stereocenters. The van der Waals surface area contributed by atoms with Crippen molar-refractivity contribution in [3.63, 3.8) is 0 Å². The van der Waals surface area contributed by atoms with Crippen LogP contribution in [0, 0.1) is 0 Å². The Kier molecular flexibility index (Phi) is 6.02. The maximum Gasteiger partial charge on any atom is 0.185 e. The second-order valence-electron chi connectivity index (χ2n) is 6.44. The summed E-state index contributed by atoms with van der Waals surface area (Å²) >= 11 is 1.85. The lowest BCUT2D eigenvalue weighted by Gasteiger charge is -2.31. The van der Waals surface area contributed by atoms with E-state index in [1.807, 2.05) is 18.4 Å². The Hall–Kier alpha value is -0.650. The highest BCUT2D eigenvalue weighted by Crippen LogP contribution is 2.32. The molecule has 0 bridgehead atoms. The van der Waals surface area contributed by atoms with E-state index in [2.05, 4.69) is 37.9 Å². The highest BCUT2D eigenvalue weighted by Gasteiger charge is 2.24. The fourth-order valence-electron chi connectivity index (χ4n) is 2.66. The molecule has 21 heavy (non-hydrogen) atoms. The van der Waals surface area contributed by atoms with Crippen LogP contribution >= 0.6 is 11.3 Å². The van der Waals surface area contributed by atoms with Crippen molar-refractivity contribution in [3.05, 3.63) is 10.6 Å². The van der Waals surface area contributed by atoms with Gasteiger partial charge in [0.1, 0.15) is 0 Å². The van der Waals surface area contributed by atoms with Gasteiger partial charge < -0.3 is 15.0 Å². The second-order valence-corrected chi connectivity index (χ2v) is 7.50. The van der Waals surface area contributed by atoms with Crippen molar-refractivity contribution < 1.29 is 4.74 Å². The van der Waals surface area contributed by atoms with Crippen LogP contribution in [0.15, 0.2) is 0 Å². The molecule has 1 aromatic rings. The number of hydrogen-bond donors (Lipinski definition) is 1. The Morgan fingerprint density at radius 1 is 1.38 bits per heavy atom. The Bertz CT molecular complexity index is 445. The molecule has 1 atom stereocenters. The van der Waals surface area contributed by atoms with Gasteiger partial charge in [-0.05, 0) is 18.8 Å². The van der Waals surface area contributed by atoms with E-state index in [9.17, 15) is 0 Å². The fraction of sp³-hybridized carbons (Fsp3) is 0.812. The number of nitrogens with zero attached hydrogens (tertiary/aromatic N) is 2. The van der Waals surface area contributed by atoms with Crippen LogP contribution in [0.2, 0.25) is 0 Å². The molecular formula is C16H29N3OS. The van der Waals surface area contributed by atoms with Crippen LogP contribution in [0.5, 0.6) is 0 Å². The first kappa shape index (κ1) is 16.7. The van der Waals surface area contributed by atoms with E-state index in [4.69, 9.17) is 9.72 Å². The van der Waals surface area contributed by atoms with Crippen molar-refractivity contribution in [2.45, 2.75) is 65.1 Å². The minimum atomic E-state index is 0.349. The van der Waals surface area contributed by atoms with E-state index in [0.29, 0.717) is 18.1 Å². The zero-order valence-electron chi connectivity index (χ0n) is 14.0. The molecule has 0 amide bonds. The van der Waals surface area contributed by atoms with Gasteiger partial charge in [-0.25, -0.2) is 4.98 Å². The van der Waals surface area contributed by atoms with Crippen molar-refractivity contribution in [3.8, 4) is 0 Å². The summed E-state index contributed by atoms with van der Waals surface area (Å²) in [6.45, 7) is 11.8. The average Bonchev–Trinajstić information content (AvgIpc) is 2.89. The van der Waals surface area contributed by atoms with Gasteiger partial charge in [-0.2, -0.15) is 0 Å². The molecule has 1 N–H and O–H groups in total. The van der Waals surface area contributed by atoms with Crippen LogP contribution in [0.3, 0.4) is 0 Å². The van der Waals surface area contributed by atoms with Crippen molar-refractivity contribution in [2.75, 3.05) is 25.1 Å². The van der Waals surface area contributed by atoms with Crippen LogP contribution in [0.4, 0.5) is 5.13 Å². The van der Waals surface area contributed by atoms with Gasteiger partial charge in [0.15, 0.2) is 5.13 Å². The minimum absolute atomic E-state index is 0.349. The third-order valence-electron chi connectivity index (χ3n) is 3.92. The van der Waals surface area contributed by atoms with Crippen LogP contribution in [-0.2, 0) is 11.3 Å². The first-order valence-electron chi connectivity index (χ1n) is 8.02. The predicted molar refractivity (Wildman–Crippen MR) is 90.4 cm³/mol. The van der Waals surface area contributed by atoms with Crippen LogP contribution in [0.1, 0.15) is 57.0 Å². The molecule has 0 spiro atoms. The third-order valence-corrected chi connectivity index (χ3v) is 5.05. The maximum absolute atomic E-state index is 5.53. The summed E-state index contributed by atoms with van der Waals surface area (Å²) in [5.41, 5.74) is 1.25. The van der Waals surface area contributed by atoms with E-state index >= 15 is 0 Å². The number of methoxy groups -OCH3 is 1. The SMILES string of the molecule is COC1CCCN(c2nc(C(C)C)c(CNC(C)C)s2)C1. The van der Waals surface area contributed by atoms with Crippen molar-refractivity contribution in [2.24, 2.45) is 0 Å². The summed E-state index contributed by atoms with van der Waals surface area (Å²) in [5.74, 6) is 0.474. The summed E-state index contributed by atoms with van der Waals surface area (Å²) in [6.07, 6.45) is 2.70. The van der Waals surface area contributed by atoms with E-state index in [1.54, 1.807) is 0 Å². The van der Waals surface area contributed by atoms with E-state index in [1.165, 1.54) is 22.1 Å². The Balaban J connectivity index is 2.14. The molecule has 120 valence electrons. The topological polar surface area (TPSA) is 37.4 Å². The Labute approximate surface area is 132 Å². The number of rotatable bonds is 6. The third kappa shape index (κ3) is 4.41. The standard InChI is InChI=1S/C16H29N3OS/c1-11(2)15-14(9-17-12(3)4)21-16(18-15)19-8-6-7-13(10-19)20-5/h11-13,17H,6-10H2,1-5H3. The Morgan fingerprint density at radius 3 is 2.76 bits per heavy atom. The van der Waals surface area contributed by atoms with Gasteiger partial charge in [0.05, 0.1) is 11.8 Å². The van der Waals surface area contributed by atoms with Gasteiger partial charge in [0.2, 0.25) is 0 Å². The predicted octanol–water partition coefficient (Wildman–Crippen LogP) is 3.38. The highest BCUT2D eigenvalue weighted by atomic mass is 32.1. The smallest absolute Gasteiger partial charge is 0.185 e. The summed E-state index contributed by atoms with van der Waals surface area (Å²) in [6, 6.07) is 0.503. The molecule has 1 saturated heterocycles. The summed E-state index contributed by atoms with van der Waals surface area (Å²) in [4.78, 5) is 8.71. The Morgan fingerprint density at radius 2 is 2.14 bits per heavy atom. The number of ether oxygens (including phenoxy) is 1. The van der Waals surface area contributed by atoms with Gasteiger partial charge in [0, 0.05) is 37.7 Å². The lowest BCUT2D eigenvalue weighted by Crippen LogP contribution is -2.39. The summed E-state index contributed by atoms with van der Waals surface area (Å²) < 4.78 is 5.53. The average molecular weight is 311 g/mol. The zero-order chi connectivity index (χ0) is 15.4. The molecule has 4 nitrogen and oxygen atoms in total. The molecular weight excluding hydrogens is 282 g/mol. The van der Waals surface area contributed by atoms with Gasteiger partial charge in [-0.3, -0.25) is 0 Å². The maximum atomic E-state index is 5.53. The highest BCUT2D eigenvalue weighted by molar-refractivity contribution is 7.15. The van der Waals surface area contributed by atoms with Crippen molar-refractivity contribution in [1.82, 2.24) is 10.3 Å². The monoisotopic (exact) mass is 311 g/mol. The molecule has 0 saturated carbocycles. The second kappa shape index (κ2) is 7.56.